The molecule has 0 unspecified atom stereocenters. The van der Waals surface area contributed by atoms with Crippen LogP contribution in [0.2, 0.25) is 0 Å². The van der Waals surface area contributed by atoms with Crippen LogP contribution in [0.25, 0.3) is 0 Å². The molecule has 5 nitrogen and oxygen atoms in total. The van der Waals surface area contributed by atoms with Crippen molar-refractivity contribution in [3.63, 3.8) is 0 Å². The van der Waals surface area contributed by atoms with Crippen LogP contribution in [0.1, 0.15) is 47.9 Å². The molecule has 1 fully saturated rings. The van der Waals surface area contributed by atoms with Crippen molar-refractivity contribution in [3.8, 4) is 0 Å². The molecule has 1 N–H and O–H groups in total. The van der Waals surface area contributed by atoms with Crippen molar-refractivity contribution in [2.75, 3.05) is 19.6 Å². The number of hydrogen-bond donors (Lipinski definition) is 1. The van der Waals surface area contributed by atoms with Crippen LogP contribution in [0.4, 0.5) is 9.18 Å². The van der Waals surface area contributed by atoms with Gasteiger partial charge in [0.15, 0.2) is 0 Å². The molecule has 2 heterocycles. The number of piperidine rings is 1. The summed E-state index contributed by atoms with van der Waals surface area (Å²) < 4.78 is 13.2. The molecule has 0 saturated carbocycles. The van der Waals surface area contributed by atoms with Gasteiger partial charge in [0.2, 0.25) is 0 Å². The number of benzene rings is 2. The predicted molar refractivity (Wildman–Crippen MR) is 133 cm³/mol. The highest BCUT2D eigenvalue weighted by Gasteiger charge is 2.24. The molecule has 0 aliphatic carbocycles. The normalized spacial score (nSPS) is 14.6. The van der Waals surface area contributed by atoms with Gasteiger partial charge in [0.25, 0.3) is 0 Å². The summed E-state index contributed by atoms with van der Waals surface area (Å²) in [6, 6.07) is 19.2. The van der Waals surface area contributed by atoms with Crippen LogP contribution in [0.3, 0.4) is 0 Å². The Hall–Kier alpha value is -3.25. The van der Waals surface area contributed by atoms with Gasteiger partial charge in [0.1, 0.15) is 5.82 Å². The SMILES string of the molecule is CCNC(=O)N(Cc1cccnc1)Cc1ccccc1C1CCN(Cc2ccc(F)cc2)CC1. The Kier molecular flexibility index (Phi) is 8.26. The Morgan fingerprint density at radius 1 is 1.03 bits per heavy atom. The zero-order chi connectivity index (χ0) is 23.8. The first-order chi connectivity index (χ1) is 16.6. The molecule has 2 aromatic carbocycles. The van der Waals surface area contributed by atoms with E-state index in [9.17, 15) is 9.18 Å². The fraction of sp³-hybridized carbons (Fsp3) is 0.357. The molecule has 34 heavy (non-hydrogen) atoms. The molecule has 1 aliphatic rings. The van der Waals surface area contributed by atoms with Crippen molar-refractivity contribution in [1.29, 1.82) is 0 Å². The molecule has 0 bridgehead atoms. The van der Waals surface area contributed by atoms with E-state index in [4.69, 9.17) is 0 Å². The zero-order valence-electron chi connectivity index (χ0n) is 19.8. The van der Waals surface area contributed by atoms with Gasteiger partial charge in [0.05, 0.1) is 0 Å². The molecule has 1 saturated heterocycles. The Labute approximate surface area is 201 Å². The van der Waals surface area contributed by atoms with Crippen molar-refractivity contribution in [1.82, 2.24) is 20.1 Å². The number of nitrogens with zero attached hydrogens (tertiary/aromatic N) is 3. The number of halogens is 1. The second-order valence-corrected chi connectivity index (χ2v) is 8.93. The van der Waals surface area contributed by atoms with Gasteiger partial charge in [-0.3, -0.25) is 9.88 Å². The highest BCUT2D eigenvalue weighted by Crippen LogP contribution is 2.31. The van der Waals surface area contributed by atoms with Gasteiger partial charge in [-0.15, -0.1) is 0 Å². The largest absolute Gasteiger partial charge is 0.338 e. The topological polar surface area (TPSA) is 48.5 Å². The first-order valence-corrected chi connectivity index (χ1v) is 12.1. The Morgan fingerprint density at radius 2 is 1.79 bits per heavy atom. The molecule has 4 rings (SSSR count). The number of aromatic nitrogens is 1. The molecular formula is C28H33FN4O. The number of carbonyl (C=O) groups is 1. The fourth-order valence-electron chi connectivity index (χ4n) is 4.71. The molecule has 178 valence electrons. The third-order valence-electron chi connectivity index (χ3n) is 6.47. The summed E-state index contributed by atoms with van der Waals surface area (Å²) in [5.41, 5.74) is 4.70. The third kappa shape index (κ3) is 6.41. The minimum absolute atomic E-state index is 0.0599. The van der Waals surface area contributed by atoms with E-state index in [0.29, 0.717) is 25.6 Å². The van der Waals surface area contributed by atoms with Crippen LogP contribution in [-0.2, 0) is 19.6 Å². The molecule has 6 heteroatoms. The van der Waals surface area contributed by atoms with Crippen molar-refractivity contribution >= 4 is 6.03 Å². The summed E-state index contributed by atoms with van der Waals surface area (Å²) in [6.45, 7) is 6.48. The number of nitrogens with one attached hydrogen (secondary N) is 1. The molecule has 0 atom stereocenters. The number of hydrogen-bond acceptors (Lipinski definition) is 3. The average molecular weight is 461 g/mol. The monoisotopic (exact) mass is 460 g/mol. The lowest BCUT2D eigenvalue weighted by Crippen LogP contribution is -2.39. The quantitative estimate of drug-likeness (QED) is 0.494. The summed E-state index contributed by atoms with van der Waals surface area (Å²) in [5, 5.41) is 2.95. The second kappa shape index (κ2) is 11.7. The van der Waals surface area contributed by atoms with Gasteiger partial charge in [-0.2, -0.15) is 0 Å². The van der Waals surface area contributed by atoms with Crippen molar-refractivity contribution in [3.05, 3.63) is 101 Å². The average Bonchev–Trinajstić information content (AvgIpc) is 2.87. The van der Waals surface area contributed by atoms with Crippen LogP contribution in [0.15, 0.2) is 73.1 Å². The fourth-order valence-corrected chi connectivity index (χ4v) is 4.71. The minimum Gasteiger partial charge on any atom is -0.338 e. The first-order valence-electron chi connectivity index (χ1n) is 12.1. The maximum atomic E-state index is 13.2. The summed E-state index contributed by atoms with van der Waals surface area (Å²) in [7, 11) is 0. The lowest BCUT2D eigenvalue weighted by molar-refractivity contribution is 0.191. The number of amides is 2. The minimum atomic E-state index is -0.191. The summed E-state index contributed by atoms with van der Waals surface area (Å²) in [6.07, 6.45) is 5.70. The van der Waals surface area contributed by atoms with Crippen LogP contribution in [0, 0.1) is 5.82 Å². The number of rotatable bonds is 8. The highest BCUT2D eigenvalue weighted by molar-refractivity contribution is 5.74. The van der Waals surface area contributed by atoms with E-state index in [-0.39, 0.29) is 11.8 Å². The Bertz CT molecular complexity index is 1050. The van der Waals surface area contributed by atoms with Gasteiger partial charge in [-0.1, -0.05) is 42.5 Å². The van der Waals surface area contributed by atoms with E-state index in [1.165, 1.54) is 23.3 Å². The van der Waals surface area contributed by atoms with Gasteiger partial charge < -0.3 is 10.2 Å². The first kappa shape index (κ1) is 23.9. The van der Waals surface area contributed by atoms with Crippen LogP contribution in [-0.4, -0.2) is 40.4 Å². The van der Waals surface area contributed by atoms with E-state index in [1.807, 2.05) is 42.3 Å². The molecule has 2 amide bonds. The Balaban J connectivity index is 1.43. The van der Waals surface area contributed by atoms with Crippen molar-refractivity contribution in [2.24, 2.45) is 0 Å². The van der Waals surface area contributed by atoms with E-state index < -0.39 is 0 Å². The van der Waals surface area contributed by atoms with Gasteiger partial charge in [-0.05, 0) is 79.2 Å². The summed E-state index contributed by atoms with van der Waals surface area (Å²) in [5.74, 6) is 0.277. The summed E-state index contributed by atoms with van der Waals surface area (Å²) >= 11 is 0. The van der Waals surface area contributed by atoms with Crippen molar-refractivity contribution in [2.45, 2.75) is 45.3 Å². The van der Waals surface area contributed by atoms with E-state index in [0.717, 1.165) is 43.6 Å². The van der Waals surface area contributed by atoms with Gasteiger partial charge >= 0.3 is 6.03 Å². The number of urea groups is 1. The van der Waals surface area contributed by atoms with E-state index >= 15 is 0 Å². The molecule has 1 aromatic heterocycles. The molecule has 0 spiro atoms. The molecule has 1 aliphatic heterocycles. The predicted octanol–water partition coefficient (Wildman–Crippen LogP) is 5.33. The van der Waals surface area contributed by atoms with Gasteiger partial charge in [-0.25, -0.2) is 9.18 Å². The number of pyridine rings is 1. The summed E-state index contributed by atoms with van der Waals surface area (Å²) in [4.78, 5) is 21.3. The highest BCUT2D eigenvalue weighted by atomic mass is 19.1. The maximum Gasteiger partial charge on any atom is 0.317 e. The van der Waals surface area contributed by atoms with Crippen LogP contribution in [0.5, 0.6) is 0 Å². The number of likely N-dealkylation sites (tertiary alicyclic amines) is 1. The maximum absolute atomic E-state index is 13.2. The number of carbonyl (C=O) groups excluding carboxylic acids is 1. The standard InChI is InChI=1S/C28H33FN4O/c1-2-31-28(34)33(20-23-6-5-15-30-18-23)21-25-7-3-4-8-27(25)24-13-16-32(17-14-24)19-22-9-11-26(29)12-10-22/h3-12,15,18,24H,2,13-14,16-17,19-21H2,1H3,(H,31,34). The molecular weight excluding hydrogens is 427 g/mol. The lowest BCUT2D eigenvalue weighted by Gasteiger charge is -2.33. The van der Waals surface area contributed by atoms with Crippen LogP contribution < -0.4 is 5.32 Å². The zero-order valence-corrected chi connectivity index (χ0v) is 19.8. The van der Waals surface area contributed by atoms with E-state index in [1.54, 1.807) is 6.20 Å². The lowest BCUT2D eigenvalue weighted by atomic mass is 9.86. The Morgan fingerprint density at radius 3 is 2.50 bits per heavy atom. The third-order valence-corrected chi connectivity index (χ3v) is 6.47. The van der Waals surface area contributed by atoms with E-state index in [2.05, 4.69) is 39.5 Å². The second-order valence-electron chi connectivity index (χ2n) is 8.93. The smallest absolute Gasteiger partial charge is 0.317 e. The van der Waals surface area contributed by atoms with Gasteiger partial charge in [0, 0.05) is 38.6 Å². The van der Waals surface area contributed by atoms with Crippen LogP contribution >= 0.6 is 0 Å². The van der Waals surface area contributed by atoms with Crippen molar-refractivity contribution < 1.29 is 9.18 Å². The molecule has 0 radical (unpaired) electrons. The molecule has 3 aromatic rings.